The number of rotatable bonds is 4. The van der Waals surface area contributed by atoms with Gasteiger partial charge in [0.25, 0.3) is 0 Å². The monoisotopic (exact) mass is 140 g/mol. The molecule has 0 nitrogen and oxygen atoms in total. The summed E-state index contributed by atoms with van der Waals surface area (Å²) in [7, 11) is 0. The molecule has 0 rings (SSSR count). The molecule has 0 heterocycles. The van der Waals surface area contributed by atoms with Crippen LogP contribution in [0.1, 0.15) is 47.0 Å². The second kappa shape index (κ2) is 5.52. The molecule has 60 valence electrons. The zero-order valence-electron chi connectivity index (χ0n) is 7.78. The van der Waals surface area contributed by atoms with Crippen LogP contribution in [0.3, 0.4) is 0 Å². The Labute approximate surface area is 65.3 Å². The first-order valence-corrected chi connectivity index (χ1v) is 4.38. The number of allylic oxidation sites excluding steroid dienone is 2. The molecule has 0 radical (unpaired) electrons. The molecule has 0 saturated heterocycles. The second-order valence-electron chi connectivity index (χ2n) is 3.13. The van der Waals surface area contributed by atoms with Crippen molar-refractivity contribution in [3.05, 3.63) is 11.6 Å². The molecule has 1 unspecified atom stereocenters. The van der Waals surface area contributed by atoms with Crippen molar-refractivity contribution in [2.75, 3.05) is 0 Å². The predicted octanol–water partition coefficient (Wildman–Crippen LogP) is 3.78. The van der Waals surface area contributed by atoms with Crippen molar-refractivity contribution in [3.8, 4) is 0 Å². The molecule has 0 spiro atoms. The molecule has 0 aliphatic carbocycles. The molecule has 0 fully saturated rings. The van der Waals surface area contributed by atoms with Crippen molar-refractivity contribution < 1.29 is 0 Å². The Kier molecular flexibility index (Phi) is 5.38. The van der Waals surface area contributed by atoms with Crippen LogP contribution in [0.2, 0.25) is 0 Å². The smallest absolute Gasteiger partial charge is 0.0259 e. The third kappa shape index (κ3) is 4.60. The fourth-order valence-electron chi connectivity index (χ4n) is 1.14. The number of hydrogen-bond acceptors (Lipinski definition) is 0. The average molecular weight is 140 g/mol. The SMILES string of the molecule is CCCC(C)C=C(C)CC. The van der Waals surface area contributed by atoms with Gasteiger partial charge >= 0.3 is 0 Å². The number of hydrogen-bond donors (Lipinski definition) is 0. The Bertz CT molecular complexity index is 101. The summed E-state index contributed by atoms with van der Waals surface area (Å²) in [6, 6.07) is 0. The van der Waals surface area contributed by atoms with Gasteiger partial charge in [-0.2, -0.15) is 0 Å². The van der Waals surface area contributed by atoms with E-state index in [0.29, 0.717) is 0 Å². The van der Waals surface area contributed by atoms with Crippen molar-refractivity contribution >= 4 is 0 Å². The van der Waals surface area contributed by atoms with E-state index < -0.39 is 0 Å². The lowest BCUT2D eigenvalue weighted by molar-refractivity contribution is 0.628. The van der Waals surface area contributed by atoms with Gasteiger partial charge in [-0.05, 0) is 25.7 Å². The van der Waals surface area contributed by atoms with Crippen molar-refractivity contribution in [1.82, 2.24) is 0 Å². The zero-order valence-corrected chi connectivity index (χ0v) is 7.78. The molecule has 0 N–H and O–H groups in total. The standard InChI is InChI=1S/C10H20/c1-5-7-10(4)8-9(3)6-2/h8,10H,5-7H2,1-4H3. The summed E-state index contributed by atoms with van der Waals surface area (Å²) in [6.45, 7) is 8.96. The van der Waals surface area contributed by atoms with Crippen molar-refractivity contribution in [1.29, 1.82) is 0 Å². The van der Waals surface area contributed by atoms with Crippen LogP contribution >= 0.6 is 0 Å². The first kappa shape index (κ1) is 9.74. The molecule has 0 aromatic carbocycles. The van der Waals surface area contributed by atoms with Crippen molar-refractivity contribution in [2.45, 2.75) is 47.0 Å². The molecule has 10 heavy (non-hydrogen) atoms. The molecule has 0 aliphatic rings. The second-order valence-corrected chi connectivity index (χ2v) is 3.13. The maximum atomic E-state index is 2.39. The molecule has 0 bridgehead atoms. The first-order valence-electron chi connectivity index (χ1n) is 4.38. The summed E-state index contributed by atoms with van der Waals surface area (Å²) in [5, 5.41) is 0. The van der Waals surface area contributed by atoms with E-state index in [0.717, 1.165) is 5.92 Å². The fraction of sp³-hybridized carbons (Fsp3) is 0.800. The summed E-state index contributed by atoms with van der Waals surface area (Å²) >= 11 is 0. The van der Waals surface area contributed by atoms with Crippen molar-refractivity contribution in [2.24, 2.45) is 5.92 Å². The highest BCUT2D eigenvalue weighted by Crippen LogP contribution is 2.10. The summed E-state index contributed by atoms with van der Waals surface area (Å²) in [5.41, 5.74) is 1.53. The van der Waals surface area contributed by atoms with Gasteiger partial charge in [-0.15, -0.1) is 0 Å². The summed E-state index contributed by atoms with van der Waals surface area (Å²) in [4.78, 5) is 0. The van der Waals surface area contributed by atoms with Gasteiger partial charge in [0.2, 0.25) is 0 Å². The Morgan fingerprint density at radius 1 is 1.40 bits per heavy atom. The third-order valence-electron chi connectivity index (χ3n) is 1.87. The summed E-state index contributed by atoms with van der Waals surface area (Å²) < 4.78 is 0. The van der Waals surface area contributed by atoms with Crippen LogP contribution in [0.15, 0.2) is 11.6 Å². The van der Waals surface area contributed by atoms with Crippen LogP contribution in [-0.2, 0) is 0 Å². The third-order valence-corrected chi connectivity index (χ3v) is 1.87. The van der Waals surface area contributed by atoms with E-state index in [-0.39, 0.29) is 0 Å². The minimum atomic E-state index is 0.782. The molecule has 0 heteroatoms. The lowest BCUT2D eigenvalue weighted by Gasteiger charge is -2.04. The topological polar surface area (TPSA) is 0 Å². The van der Waals surface area contributed by atoms with Gasteiger partial charge in [-0.3, -0.25) is 0 Å². The van der Waals surface area contributed by atoms with E-state index in [9.17, 15) is 0 Å². The normalized spacial score (nSPS) is 15.4. The average Bonchev–Trinajstić information content (AvgIpc) is 1.88. The lowest BCUT2D eigenvalue weighted by Crippen LogP contribution is -1.89. The van der Waals surface area contributed by atoms with E-state index in [1.54, 1.807) is 0 Å². The van der Waals surface area contributed by atoms with Gasteiger partial charge in [-0.1, -0.05) is 38.8 Å². The van der Waals surface area contributed by atoms with Crippen LogP contribution < -0.4 is 0 Å². The molecule has 0 saturated carbocycles. The molecule has 0 aliphatic heterocycles. The highest BCUT2D eigenvalue weighted by Gasteiger charge is 1.94. The fourth-order valence-corrected chi connectivity index (χ4v) is 1.14. The highest BCUT2D eigenvalue weighted by atomic mass is 14.0. The van der Waals surface area contributed by atoms with Crippen molar-refractivity contribution in [3.63, 3.8) is 0 Å². The van der Waals surface area contributed by atoms with E-state index in [4.69, 9.17) is 0 Å². The maximum Gasteiger partial charge on any atom is -0.0259 e. The van der Waals surface area contributed by atoms with Crippen LogP contribution in [-0.4, -0.2) is 0 Å². The van der Waals surface area contributed by atoms with Gasteiger partial charge in [0.1, 0.15) is 0 Å². The zero-order chi connectivity index (χ0) is 7.98. The minimum absolute atomic E-state index is 0.782. The van der Waals surface area contributed by atoms with E-state index in [2.05, 4.69) is 33.8 Å². The molecular formula is C10H20. The Morgan fingerprint density at radius 3 is 2.40 bits per heavy atom. The summed E-state index contributed by atoms with van der Waals surface area (Å²) in [6.07, 6.45) is 6.23. The van der Waals surface area contributed by atoms with E-state index >= 15 is 0 Å². The molecule has 0 aromatic rings. The largest absolute Gasteiger partial charge is 0.0828 e. The van der Waals surface area contributed by atoms with Gasteiger partial charge in [0, 0.05) is 0 Å². The van der Waals surface area contributed by atoms with E-state index in [1.807, 2.05) is 0 Å². The molecule has 0 aromatic heterocycles. The van der Waals surface area contributed by atoms with Gasteiger partial charge in [-0.25, -0.2) is 0 Å². The lowest BCUT2D eigenvalue weighted by atomic mass is 10.0. The predicted molar refractivity (Wildman–Crippen MR) is 48.1 cm³/mol. The van der Waals surface area contributed by atoms with Crippen LogP contribution in [0.5, 0.6) is 0 Å². The van der Waals surface area contributed by atoms with Gasteiger partial charge in [0.15, 0.2) is 0 Å². The maximum absolute atomic E-state index is 2.39. The van der Waals surface area contributed by atoms with Crippen LogP contribution in [0.4, 0.5) is 0 Å². The van der Waals surface area contributed by atoms with Crippen LogP contribution in [0, 0.1) is 5.92 Å². The van der Waals surface area contributed by atoms with E-state index in [1.165, 1.54) is 24.8 Å². The highest BCUT2D eigenvalue weighted by molar-refractivity contribution is 4.98. The van der Waals surface area contributed by atoms with Gasteiger partial charge in [0.05, 0.1) is 0 Å². The van der Waals surface area contributed by atoms with Gasteiger partial charge < -0.3 is 0 Å². The summed E-state index contributed by atoms with van der Waals surface area (Å²) in [5.74, 6) is 0.782. The molecule has 0 amide bonds. The molecular weight excluding hydrogens is 120 g/mol. The molecule has 1 atom stereocenters. The Balaban J connectivity index is 3.62. The minimum Gasteiger partial charge on any atom is -0.0828 e. The van der Waals surface area contributed by atoms with Crippen LogP contribution in [0.25, 0.3) is 0 Å². The quantitative estimate of drug-likeness (QED) is 0.521. The first-order chi connectivity index (χ1) is 4.70. The Hall–Kier alpha value is -0.260. The Morgan fingerprint density at radius 2 is 2.00 bits per heavy atom.